The minimum atomic E-state index is -4.63. The van der Waals surface area contributed by atoms with Crippen LogP contribution in [0.5, 0.6) is 5.88 Å². The van der Waals surface area contributed by atoms with E-state index in [1.54, 1.807) is 13.2 Å². The molecule has 0 aliphatic heterocycles. The summed E-state index contributed by atoms with van der Waals surface area (Å²) in [4.78, 5) is 24.0. The average molecular weight is 487 g/mol. The number of aryl methyl sites for hydroxylation is 1. The summed E-state index contributed by atoms with van der Waals surface area (Å²) in [7, 11) is -2.16. The number of hydroxylamine groups is 1. The van der Waals surface area contributed by atoms with Gasteiger partial charge in [0.1, 0.15) is 4.90 Å². The number of aromatic nitrogens is 2. The number of amidine groups is 1. The third kappa shape index (κ3) is 7.03. The van der Waals surface area contributed by atoms with Crippen LogP contribution >= 0.6 is 12.0 Å². The molecule has 0 saturated heterocycles. The second-order valence-corrected chi connectivity index (χ2v) is 7.87. The summed E-state index contributed by atoms with van der Waals surface area (Å²) in [6, 6.07) is 4.09. The molecule has 0 bridgehead atoms. The molecule has 0 fully saturated rings. The van der Waals surface area contributed by atoms with E-state index >= 15 is 0 Å². The van der Waals surface area contributed by atoms with Crippen molar-refractivity contribution in [2.24, 2.45) is 4.40 Å². The smallest absolute Gasteiger partial charge is 0.339 e. The van der Waals surface area contributed by atoms with E-state index in [1.165, 1.54) is 25.3 Å². The number of sulfonamides is 1. The lowest BCUT2D eigenvalue weighted by molar-refractivity contribution is -0.246. The second-order valence-electron chi connectivity index (χ2n) is 5.83. The molecule has 0 spiro atoms. The standard InChI is InChI=1S/C17H21N5O8S2/c1-10-7-14(27-2)20-16(19-10)21-17(24)22-32(25,26)13-8-11(9-18-29-30-31-4)5-6-12(13)15(23)28-3/h5-8,18H,9H2,1-4H3,(H2,19,20,21,22,24)/p-1. The molecule has 13 nitrogen and oxygen atoms in total. The normalized spacial score (nSPS) is 11.8. The van der Waals surface area contributed by atoms with Crippen LogP contribution in [0.15, 0.2) is 33.6 Å². The van der Waals surface area contributed by atoms with Gasteiger partial charge in [0.15, 0.2) is 0 Å². The fourth-order valence-electron chi connectivity index (χ4n) is 2.32. The third-order valence-electron chi connectivity index (χ3n) is 3.63. The van der Waals surface area contributed by atoms with E-state index in [0.29, 0.717) is 11.3 Å². The van der Waals surface area contributed by atoms with Gasteiger partial charge < -0.3 is 19.9 Å². The molecule has 2 aromatic rings. The van der Waals surface area contributed by atoms with E-state index in [4.69, 9.17) is 4.74 Å². The van der Waals surface area contributed by atoms with Gasteiger partial charge in [0.05, 0.1) is 25.8 Å². The first-order valence-corrected chi connectivity index (χ1v) is 11.3. The quantitative estimate of drug-likeness (QED) is 0.0895. The maximum absolute atomic E-state index is 12.8. The average Bonchev–Trinajstić information content (AvgIpc) is 2.75. The van der Waals surface area contributed by atoms with Gasteiger partial charge in [0.25, 0.3) is 10.0 Å². The fraction of sp³-hybridized carbons (Fsp3) is 0.294. The first-order chi connectivity index (χ1) is 15.2. The van der Waals surface area contributed by atoms with E-state index in [2.05, 4.69) is 39.2 Å². The fourth-order valence-corrected chi connectivity index (χ4v) is 3.52. The van der Waals surface area contributed by atoms with Crippen LogP contribution in [0.25, 0.3) is 0 Å². The first kappa shape index (κ1) is 25.3. The molecular formula is C17H20N5O8S2-. The van der Waals surface area contributed by atoms with Crippen molar-refractivity contribution >= 4 is 40.0 Å². The zero-order valence-corrected chi connectivity index (χ0v) is 19.1. The Labute approximate surface area is 188 Å². The lowest BCUT2D eigenvalue weighted by Crippen LogP contribution is -2.29. The highest BCUT2D eigenvalue weighted by Crippen LogP contribution is 2.21. The monoisotopic (exact) mass is 486 g/mol. The lowest BCUT2D eigenvalue weighted by atomic mass is 10.1. The Hall–Kier alpha value is -2.98. The summed E-state index contributed by atoms with van der Waals surface area (Å²) in [5, 5.41) is 14.4. The Bertz CT molecular complexity index is 1090. The molecule has 174 valence electrons. The summed E-state index contributed by atoms with van der Waals surface area (Å²) in [5.74, 6) is -0.966. The molecule has 32 heavy (non-hydrogen) atoms. The molecule has 1 heterocycles. The molecule has 0 radical (unpaired) electrons. The van der Waals surface area contributed by atoms with Crippen LogP contribution in [0, 0.1) is 6.92 Å². The number of carbonyl (C=O) groups is 1. The second kappa shape index (κ2) is 11.6. The summed E-state index contributed by atoms with van der Waals surface area (Å²) >= 11 is 0.945. The van der Waals surface area contributed by atoms with Gasteiger partial charge in [-0.15, -0.1) is 9.32 Å². The van der Waals surface area contributed by atoms with Gasteiger partial charge >= 0.3 is 5.97 Å². The van der Waals surface area contributed by atoms with E-state index in [1.807, 2.05) is 0 Å². The van der Waals surface area contributed by atoms with E-state index < -0.39 is 26.9 Å². The van der Waals surface area contributed by atoms with Crippen LogP contribution in [0.3, 0.4) is 0 Å². The van der Waals surface area contributed by atoms with Gasteiger partial charge in [0.2, 0.25) is 11.8 Å². The van der Waals surface area contributed by atoms with Crippen molar-refractivity contribution < 1.29 is 37.1 Å². The molecule has 15 heteroatoms. The number of ether oxygens (including phenoxy) is 2. The molecular weight excluding hydrogens is 466 g/mol. The number of hydrogen-bond acceptors (Lipinski definition) is 12. The number of nitrogens with one attached hydrogen (secondary N) is 2. The summed E-state index contributed by atoms with van der Waals surface area (Å²) in [6.07, 6.45) is 1.63. The van der Waals surface area contributed by atoms with Crippen LogP contribution in [-0.4, -0.2) is 50.9 Å². The van der Waals surface area contributed by atoms with Crippen LogP contribution in [0.1, 0.15) is 21.6 Å². The van der Waals surface area contributed by atoms with Crippen molar-refractivity contribution in [2.75, 3.05) is 25.8 Å². The number of methoxy groups -OCH3 is 2. The van der Waals surface area contributed by atoms with Crippen molar-refractivity contribution in [2.45, 2.75) is 18.4 Å². The van der Waals surface area contributed by atoms with Crippen molar-refractivity contribution in [1.29, 1.82) is 0 Å². The summed E-state index contributed by atoms with van der Waals surface area (Å²) in [6.45, 7) is 1.65. The van der Waals surface area contributed by atoms with Crippen LogP contribution < -0.4 is 20.6 Å². The maximum atomic E-state index is 12.8. The molecule has 1 aromatic heterocycles. The number of hydrogen-bond donors (Lipinski definition) is 2. The van der Waals surface area contributed by atoms with Crippen molar-refractivity contribution in [1.82, 2.24) is 15.4 Å². The number of carbonyl (C=O) groups excluding carboxylic acids is 1. The van der Waals surface area contributed by atoms with Gasteiger partial charge in [-0.25, -0.2) is 9.78 Å². The van der Waals surface area contributed by atoms with E-state index in [-0.39, 0.29) is 23.9 Å². The van der Waals surface area contributed by atoms with Gasteiger partial charge in [0, 0.05) is 36.6 Å². The molecule has 0 unspecified atom stereocenters. The largest absolute Gasteiger partial charge is 0.845 e. The molecule has 2 rings (SSSR count). The van der Waals surface area contributed by atoms with Gasteiger partial charge in [-0.2, -0.15) is 23.3 Å². The Morgan fingerprint density at radius 2 is 2.00 bits per heavy atom. The Morgan fingerprint density at radius 3 is 2.66 bits per heavy atom. The number of benzene rings is 1. The molecule has 0 saturated carbocycles. The van der Waals surface area contributed by atoms with Gasteiger partial charge in [-0.05, 0) is 24.6 Å². The Balaban J connectivity index is 2.36. The lowest BCUT2D eigenvalue weighted by Gasteiger charge is -2.14. The molecule has 0 atom stereocenters. The van der Waals surface area contributed by atoms with Crippen LogP contribution in [0.4, 0.5) is 5.95 Å². The highest BCUT2D eigenvalue weighted by atomic mass is 32.2. The number of nitrogens with zero attached hydrogens (tertiary/aromatic N) is 3. The summed E-state index contributed by atoms with van der Waals surface area (Å²) in [5.41, 5.74) is 3.00. The summed E-state index contributed by atoms with van der Waals surface area (Å²) < 4.78 is 43.0. The maximum Gasteiger partial charge on any atom is 0.339 e. The molecule has 0 aliphatic carbocycles. The number of anilines is 1. The predicted molar refractivity (Wildman–Crippen MR) is 112 cm³/mol. The molecule has 0 amide bonds. The van der Waals surface area contributed by atoms with Gasteiger partial charge in [-0.3, -0.25) is 0 Å². The molecule has 0 aliphatic rings. The molecule has 2 N–H and O–H groups in total. The van der Waals surface area contributed by atoms with Crippen LogP contribution in [-0.2, 0) is 30.6 Å². The van der Waals surface area contributed by atoms with Crippen molar-refractivity contribution in [3.8, 4) is 5.88 Å². The van der Waals surface area contributed by atoms with Crippen molar-refractivity contribution in [3.63, 3.8) is 0 Å². The Kier molecular flexibility index (Phi) is 9.15. The molecule has 1 aromatic carbocycles. The Morgan fingerprint density at radius 1 is 1.25 bits per heavy atom. The van der Waals surface area contributed by atoms with E-state index in [0.717, 1.165) is 25.2 Å². The minimum Gasteiger partial charge on any atom is -0.845 e. The topological polar surface area (TPSA) is 173 Å². The SMILES string of the molecule is COC(=O)c1ccc(CNOOSC)cc1S(=O)(=O)/N=C(/[O-])Nc1nc(C)cc(OC)n1. The first-order valence-electron chi connectivity index (χ1n) is 8.69. The predicted octanol–water partition coefficient (Wildman–Crippen LogP) is 0.328. The van der Waals surface area contributed by atoms with Crippen LogP contribution in [0.2, 0.25) is 0 Å². The number of rotatable bonds is 10. The highest BCUT2D eigenvalue weighted by molar-refractivity contribution is 7.93. The van der Waals surface area contributed by atoms with Crippen molar-refractivity contribution in [3.05, 3.63) is 41.1 Å². The van der Waals surface area contributed by atoms with Gasteiger partial charge in [-0.1, -0.05) is 6.07 Å². The third-order valence-corrected chi connectivity index (χ3v) is 5.13. The van der Waals surface area contributed by atoms with E-state index in [9.17, 15) is 18.3 Å². The zero-order chi connectivity index (χ0) is 23.7. The highest BCUT2D eigenvalue weighted by Gasteiger charge is 2.23. The minimum absolute atomic E-state index is 0.0215. The number of esters is 1. The zero-order valence-electron chi connectivity index (χ0n) is 17.4.